The minimum atomic E-state index is -4.38. The molecular formula is C16H19F2N5O3S. The van der Waals surface area contributed by atoms with Crippen molar-refractivity contribution in [2.45, 2.75) is 30.2 Å². The Morgan fingerprint density at radius 3 is 2.48 bits per heavy atom. The molecule has 1 N–H and O–H groups in total. The van der Waals surface area contributed by atoms with Crippen molar-refractivity contribution in [1.29, 1.82) is 0 Å². The summed E-state index contributed by atoms with van der Waals surface area (Å²) in [5, 5.41) is 7.72. The van der Waals surface area contributed by atoms with Crippen LogP contribution in [0.15, 0.2) is 35.5 Å². The second-order valence-corrected chi connectivity index (χ2v) is 7.90. The van der Waals surface area contributed by atoms with Crippen molar-refractivity contribution in [2.24, 2.45) is 0 Å². The predicted octanol–water partition coefficient (Wildman–Crippen LogP) is 1.09. The summed E-state index contributed by atoms with van der Waals surface area (Å²) < 4.78 is 55.3. The van der Waals surface area contributed by atoms with E-state index >= 15 is 0 Å². The highest BCUT2D eigenvalue weighted by Gasteiger charge is 2.26. The number of nitrogens with zero attached hydrogens (tertiary/aromatic N) is 4. The predicted molar refractivity (Wildman–Crippen MR) is 91.0 cm³/mol. The fraction of sp³-hybridized carbons (Fsp3) is 0.438. The SMILES string of the molecule is O=C(CCNS(=O)(=O)c1c(F)cccc1F)N1CCC(n2ccnn2)CC1. The number of benzene rings is 1. The smallest absolute Gasteiger partial charge is 0.246 e. The maximum atomic E-state index is 13.6. The van der Waals surface area contributed by atoms with Crippen molar-refractivity contribution in [3.63, 3.8) is 0 Å². The number of rotatable bonds is 6. The molecule has 0 aliphatic carbocycles. The molecule has 3 rings (SSSR count). The Labute approximate surface area is 155 Å². The molecule has 1 amide bonds. The molecule has 146 valence electrons. The molecule has 0 unspecified atom stereocenters. The van der Waals surface area contributed by atoms with E-state index in [1.807, 2.05) is 0 Å². The highest BCUT2D eigenvalue weighted by Crippen LogP contribution is 2.22. The quantitative estimate of drug-likeness (QED) is 0.784. The molecule has 0 radical (unpaired) electrons. The number of halogens is 2. The zero-order valence-corrected chi connectivity index (χ0v) is 15.2. The number of likely N-dealkylation sites (tertiary alicyclic amines) is 1. The lowest BCUT2D eigenvalue weighted by Crippen LogP contribution is -2.40. The summed E-state index contributed by atoms with van der Waals surface area (Å²) in [4.78, 5) is 12.9. The van der Waals surface area contributed by atoms with Crippen LogP contribution in [-0.2, 0) is 14.8 Å². The second-order valence-electron chi connectivity index (χ2n) is 6.19. The average Bonchev–Trinajstić information content (AvgIpc) is 3.16. The van der Waals surface area contributed by atoms with E-state index in [4.69, 9.17) is 0 Å². The van der Waals surface area contributed by atoms with Gasteiger partial charge in [0.1, 0.15) is 11.6 Å². The number of hydrogen-bond acceptors (Lipinski definition) is 5. The zero-order valence-electron chi connectivity index (χ0n) is 14.4. The van der Waals surface area contributed by atoms with Crippen molar-refractivity contribution in [2.75, 3.05) is 19.6 Å². The van der Waals surface area contributed by atoms with Gasteiger partial charge in [-0.25, -0.2) is 26.6 Å². The van der Waals surface area contributed by atoms with Gasteiger partial charge < -0.3 is 4.90 Å². The van der Waals surface area contributed by atoms with Gasteiger partial charge in [0.05, 0.1) is 12.2 Å². The van der Waals surface area contributed by atoms with Crippen LogP contribution in [0.2, 0.25) is 0 Å². The van der Waals surface area contributed by atoms with Gasteiger partial charge >= 0.3 is 0 Å². The Morgan fingerprint density at radius 1 is 1.22 bits per heavy atom. The Hall–Kier alpha value is -2.40. The van der Waals surface area contributed by atoms with Gasteiger partial charge in [-0.1, -0.05) is 11.3 Å². The molecule has 11 heteroatoms. The molecule has 1 fully saturated rings. The first-order chi connectivity index (χ1) is 12.9. The Morgan fingerprint density at radius 2 is 1.89 bits per heavy atom. The van der Waals surface area contributed by atoms with Crippen LogP contribution in [0.4, 0.5) is 8.78 Å². The highest BCUT2D eigenvalue weighted by molar-refractivity contribution is 7.89. The van der Waals surface area contributed by atoms with Crippen LogP contribution in [-0.4, -0.2) is 53.9 Å². The van der Waals surface area contributed by atoms with Crippen molar-refractivity contribution in [3.8, 4) is 0 Å². The topological polar surface area (TPSA) is 97.2 Å². The van der Waals surface area contributed by atoms with Crippen LogP contribution in [0.25, 0.3) is 0 Å². The van der Waals surface area contributed by atoms with Crippen LogP contribution in [0.3, 0.4) is 0 Å². The Bertz CT molecular complexity index is 877. The van der Waals surface area contributed by atoms with Crippen LogP contribution in [0.1, 0.15) is 25.3 Å². The largest absolute Gasteiger partial charge is 0.343 e. The second kappa shape index (κ2) is 8.09. The van der Waals surface area contributed by atoms with E-state index in [-0.39, 0.29) is 24.9 Å². The molecule has 0 saturated carbocycles. The number of amides is 1. The van der Waals surface area contributed by atoms with Crippen molar-refractivity contribution in [1.82, 2.24) is 24.6 Å². The fourth-order valence-corrected chi connectivity index (χ4v) is 4.22. The number of hydrogen-bond donors (Lipinski definition) is 1. The van der Waals surface area contributed by atoms with Gasteiger partial charge in [-0.05, 0) is 25.0 Å². The first-order valence-electron chi connectivity index (χ1n) is 8.46. The van der Waals surface area contributed by atoms with E-state index in [9.17, 15) is 22.0 Å². The maximum absolute atomic E-state index is 13.6. The summed E-state index contributed by atoms with van der Waals surface area (Å²) in [5.74, 6) is -2.57. The van der Waals surface area contributed by atoms with Crippen molar-refractivity contribution >= 4 is 15.9 Å². The molecule has 2 heterocycles. The number of aromatic nitrogens is 3. The van der Waals surface area contributed by atoms with E-state index in [1.165, 1.54) is 0 Å². The standard InChI is InChI=1S/C16H19F2N5O3S/c17-13-2-1-3-14(18)16(13)27(25,26)20-7-4-15(24)22-9-5-12(6-10-22)23-11-8-19-21-23/h1-3,8,11-12,20H,4-7,9-10H2. The monoisotopic (exact) mass is 399 g/mol. The molecule has 1 aromatic heterocycles. The highest BCUT2D eigenvalue weighted by atomic mass is 32.2. The first kappa shape index (κ1) is 19.4. The molecule has 1 saturated heterocycles. The molecule has 0 bridgehead atoms. The molecule has 1 aliphatic rings. The summed E-state index contributed by atoms with van der Waals surface area (Å²) in [5.41, 5.74) is 0. The lowest BCUT2D eigenvalue weighted by molar-refractivity contribution is -0.132. The lowest BCUT2D eigenvalue weighted by Gasteiger charge is -2.31. The van der Waals surface area contributed by atoms with Gasteiger partial charge in [0.25, 0.3) is 0 Å². The zero-order chi connectivity index (χ0) is 19.4. The van der Waals surface area contributed by atoms with E-state index in [2.05, 4.69) is 15.0 Å². The van der Waals surface area contributed by atoms with Crippen LogP contribution in [0, 0.1) is 11.6 Å². The number of nitrogens with one attached hydrogen (secondary N) is 1. The normalized spacial score (nSPS) is 15.9. The fourth-order valence-electron chi connectivity index (χ4n) is 3.05. The number of carbonyl (C=O) groups excluding carboxylic acids is 1. The van der Waals surface area contributed by atoms with Crippen molar-refractivity contribution in [3.05, 3.63) is 42.2 Å². The van der Waals surface area contributed by atoms with Crippen LogP contribution >= 0.6 is 0 Å². The van der Waals surface area contributed by atoms with E-state index in [1.54, 1.807) is 22.0 Å². The van der Waals surface area contributed by atoms with Crippen LogP contribution < -0.4 is 4.72 Å². The minimum Gasteiger partial charge on any atom is -0.343 e. The van der Waals surface area contributed by atoms with Crippen molar-refractivity contribution < 1.29 is 22.0 Å². The summed E-state index contributed by atoms with van der Waals surface area (Å²) in [6.07, 6.45) is 4.73. The number of sulfonamides is 1. The molecule has 8 nitrogen and oxygen atoms in total. The third-order valence-corrected chi connectivity index (χ3v) is 5.96. The Balaban J connectivity index is 1.50. The van der Waals surface area contributed by atoms with E-state index in [0.717, 1.165) is 31.0 Å². The maximum Gasteiger partial charge on any atom is 0.246 e. The Kier molecular flexibility index (Phi) is 5.80. The van der Waals surface area contributed by atoms with Gasteiger partial charge in [0, 0.05) is 32.3 Å². The third kappa shape index (κ3) is 4.48. The molecule has 27 heavy (non-hydrogen) atoms. The average molecular weight is 399 g/mol. The lowest BCUT2D eigenvalue weighted by atomic mass is 10.1. The summed E-state index contributed by atoms with van der Waals surface area (Å²) in [7, 11) is -4.38. The summed E-state index contributed by atoms with van der Waals surface area (Å²) >= 11 is 0. The van der Waals surface area contributed by atoms with Gasteiger partial charge in [-0.3, -0.25) is 4.79 Å². The summed E-state index contributed by atoms with van der Waals surface area (Å²) in [6, 6.07) is 2.99. The van der Waals surface area contributed by atoms with Gasteiger partial charge in [0.2, 0.25) is 15.9 Å². The third-order valence-electron chi connectivity index (χ3n) is 4.45. The molecule has 0 atom stereocenters. The molecule has 2 aromatic rings. The minimum absolute atomic E-state index is 0.0940. The van der Waals surface area contributed by atoms with E-state index in [0.29, 0.717) is 13.1 Å². The van der Waals surface area contributed by atoms with Gasteiger partial charge in [-0.15, -0.1) is 5.10 Å². The molecular weight excluding hydrogens is 380 g/mol. The number of carbonyl (C=O) groups is 1. The van der Waals surface area contributed by atoms with E-state index < -0.39 is 26.6 Å². The number of piperidine rings is 1. The molecule has 1 aromatic carbocycles. The first-order valence-corrected chi connectivity index (χ1v) is 9.94. The van der Waals surface area contributed by atoms with Crippen LogP contribution in [0.5, 0.6) is 0 Å². The molecule has 0 spiro atoms. The van der Waals surface area contributed by atoms with Gasteiger partial charge in [-0.2, -0.15) is 0 Å². The van der Waals surface area contributed by atoms with Gasteiger partial charge in [0.15, 0.2) is 4.90 Å². The molecule has 1 aliphatic heterocycles. The summed E-state index contributed by atoms with van der Waals surface area (Å²) in [6.45, 7) is 0.814.